The van der Waals surface area contributed by atoms with E-state index in [9.17, 15) is 19.5 Å². The molecule has 0 radical (unpaired) electrons. The van der Waals surface area contributed by atoms with Gasteiger partial charge in [0.25, 0.3) is 5.91 Å². The molecule has 112 valence electrons. The lowest BCUT2D eigenvalue weighted by Crippen LogP contribution is -2.52. The van der Waals surface area contributed by atoms with Crippen molar-refractivity contribution in [3.8, 4) is 0 Å². The van der Waals surface area contributed by atoms with E-state index in [-0.39, 0.29) is 5.91 Å². The molecule has 3 N–H and O–H groups in total. The molecule has 1 saturated carbocycles. The summed E-state index contributed by atoms with van der Waals surface area (Å²) in [4.78, 5) is 34.5. The Hall–Kier alpha value is -2.37. The SMILES string of the molecule is CC(=O)Nc1ccc(C(=O)NC2(C(=O)O)CCCC2)cc1. The summed E-state index contributed by atoms with van der Waals surface area (Å²) in [6.07, 6.45) is 2.51. The molecule has 0 unspecified atom stereocenters. The Morgan fingerprint density at radius 2 is 1.67 bits per heavy atom. The van der Waals surface area contributed by atoms with Crippen molar-refractivity contribution in [2.24, 2.45) is 0 Å². The standard InChI is InChI=1S/C15H18N2O4/c1-10(18)16-12-6-4-11(5-7-12)13(19)17-15(14(20)21)8-2-3-9-15/h4-7H,2-3,8-9H2,1H3,(H,16,18)(H,17,19)(H,20,21). The van der Waals surface area contributed by atoms with Gasteiger partial charge in [-0.2, -0.15) is 0 Å². The molecule has 1 aliphatic carbocycles. The summed E-state index contributed by atoms with van der Waals surface area (Å²) >= 11 is 0. The van der Waals surface area contributed by atoms with E-state index >= 15 is 0 Å². The van der Waals surface area contributed by atoms with Crippen molar-refractivity contribution in [1.29, 1.82) is 0 Å². The summed E-state index contributed by atoms with van der Waals surface area (Å²) in [6.45, 7) is 1.40. The van der Waals surface area contributed by atoms with Crippen LogP contribution in [0.4, 0.5) is 5.69 Å². The largest absolute Gasteiger partial charge is 0.480 e. The molecule has 6 heteroatoms. The molecule has 2 amide bonds. The van der Waals surface area contributed by atoms with E-state index < -0.39 is 17.4 Å². The summed E-state index contributed by atoms with van der Waals surface area (Å²) in [6, 6.07) is 6.34. The van der Waals surface area contributed by atoms with E-state index in [4.69, 9.17) is 0 Å². The second-order valence-corrected chi connectivity index (χ2v) is 5.31. The number of nitrogens with one attached hydrogen (secondary N) is 2. The van der Waals surface area contributed by atoms with Crippen LogP contribution in [0.3, 0.4) is 0 Å². The molecule has 0 saturated heterocycles. The Kier molecular flexibility index (Phi) is 4.26. The third kappa shape index (κ3) is 3.39. The minimum absolute atomic E-state index is 0.192. The van der Waals surface area contributed by atoms with Crippen LogP contribution in [-0.4, -0.2) is 28.4 Å². The zero-order valence-electron chi connectivity index (χ0n) is 11.8. The molecule has 1 aromatic rings. The summed E-state index contributed by atoms with van der Waals surface area (Å²) in [5.74, 6) is -1.58. The molecule has 2 rings (SSSR count). The number of rotatable bonds is 4. The smallest absolute Gasteiger partial charge is 0.329 e. The molecule has 1 fully saturated rings. The van der Waals surface area contributed by atoms with Gasteiger partial charge in [0.15, 0.2) is 0 Å². The highest BCUT2D eigenvalue weighted by Gasteiger charge is 2.42. The molecule has 0 aliphatic heterocycles. The molecule has 0 aromatic heterocycles. The average molecular weight is 290 g/mol. The molecule has 1 aliphatic rings. The predicted molar refractivity (Wildman–Crippen MR) is 77.0 cm³/mol. The summed E-state index contributed by atoms with van der Waals surface area (Å²) in [5.41, 5.74) is -0.183. The monoisotopic (exact) mass is 290 g/mol. The van der Waals surface area contributed by atoms with Crippen molar-refractivity contribution in [2.75, 3.05) is 5.32 Å². The number of carboxylic acid groups (broad SMARTS) is 1. The van der Waals surface area contributed by atoms with Crippen LogP contribution in [0.5, 0.6) is 0 Å². The van der Waals surface area contributed by atoms with Gasteiger partial charge in [0.2, 0.25) is 5.91 Å². The first-order valence-corrected chi connectivity index (χ1v) is 6.86. The normalized spacial score (nSPS) is 16.2. The van der Waals surface area contributed by atoms with Gasteiger partial charge >= 0.3 is 5.97 Å². The van der Waals surface area contributed by atoms with Crippen molar-refractivity contribution in [3.05, 3.63) is 29.8 Å². The van der Waals surface area contributed by atoms with Gasteiger partial charge in [-0.3, -0.25) is 9.59 Å². The van der Waals surface area contributed by atoms with Gasteiger partial charge in [-0.05, 0) is 37.1 Å². The Morgan fingerprint density at radius 3 is 2.14 bits per heavy atom. The van der Waals surface area contributed by atoms with E-state index in [1.807, 2.05) is 0 Å². The maximum Gasteiger partial charge on any atom is 0.329 e. The van der Waals surface area contributed by atoms with Crippen molar-refractivity contribution in [1.82, 2.24) is 5.32 Å². The van der Waals surface area contributed by atoms with Crippen LogP contribution >= 0.6 is 0 Å². The van der Waals surface area contributed by atoms with E-state index in [1.54, 1.807) is 24.3 Å². The first-order valence-electron chi connectivity index (χ1n) is 6.86. The van der Waals surface area contributed by atoms with Gasteiger partial charge in [0.05, 0.1) is 0 Å². The number of aliphatic carboxylic acids is 1. The fourth-order valence-electron chi connectivity index (χ4n) is 2.57. The third-order valence-corrected chi connectivity index (χ3v) is 3.69. The van der Waals surface area contributed by atoms with E-state index in [0.29, 0.717) is 24.1 Å². The number of carboxylic acids is 1. The van der Waals surface area contributed by atoms with Crippen LogP contribution < -0.4 is 10.6 Å². The quantitative estimate of drug-likeness (QED) is 0.787. The Labute approximate surface area is 122 Å². The fraction of sp³-hybridized carbons (Fsp3) is 0.400. The van der Waals surface area contributed by atoms with Crippen LogP contribution in [0.2, 0.25) is 0 Å². The Morgan fingerprint density at radius 1 is 1.10 bits per heavy atom. The third-order valence-electron chi connectivity index (χ3n) is 3.69. The van der Waals surface area contributed by atoms with Gasteiger partial charge in [-0.25, -0.2) is 4.79 Å². The van der Waals surface area contributed by atoms with Crippen LogP contribution in [-0.2, 0) is 9.59 Å². The van der Waals surface area contributed by atoms with E-state index in [2.05, 4.69) is 10.6 Å². The van der Waals surface area contributed by atoms with Crippen LogP contribution in [0.1, 0.15) is 43.0 Å². The number of carbonyl (C=O) groups excluding carboxylic acids is 2. The second kappa shape index (κ2) is 5.95. The highest BCUT2D eigenvalue weighted by Crippen LogP contribution is 2.30. The van der Waals surface area contributed by atoms with Crippen molar-refractivity contribution >= 4 is 23.5 Å². The van der Waals surface area contributed by atoms with Crippen LogP contribution in [0, 0.1) is 0 Å². The molecule has 6 nitrogen and oxygen atoms in total. The number of hydrogen-bond acceptors (Lipinski definition) is 3. The number of carbonyl (C=O) groups is 3. The van der Waals surface area contributed by atoms with Crippen LogP contribution in [0.15, 0.2) is 24.3 Å². The predicted octanol–water partition coefficient (Wildman–Crippen LogP) is 1.77. The van der Waals surface area contributed by atoms with Crippen LogP contribution in [0.25, 0.3) is 0 Å². The molecule has 0 atom stereocenters. The fourth-order valence-corrected chi connectivity index (χ4v) is 2.57. The highest BCUT2D eigenvalue weighted by atomic mass is 16.4. The highest BCUT2D eigenvalue weighted by molar-refractivity contribution is 5.98. The number of anilines is 1. The van der Waals surface area contributed by atoms with Gasteiger partial charge in [0, 0.05) is 18.2 Å². The summed E-state index contributed by atoms with van der Waals surface area (Å²) in [7, 11) is 0. The zero-order valence-corrected chi connectivity index (χ0v) is 11.8. The molecule has 1 aromatic carbocycles. The van der Waals surface area contributed by atoms with E-state index in [1.165, 1.54) is 6.92 Å². The molecule has 0 spiro atoms. The molecule has 21 heavy (non-hydrogen) atoms. The number of amides is 2. The van der Waals surface area contributed by atoms with Gasteiger partial charge in [0.1, 0.15) is 5.54 Å². The molecule has 0 bridgehead atoms. The topological polar surface area (TPSA) is 95.5 Å². The van der Waals surface area contributed by atoms with Gasteiger partial charge in [-0.1, -0.05) is 12.8 Å². The lowest BCUT2D eigenvalue weighted by atomic mass is 9.97. The number of hydrogen-bond donors (Lipinski definition) is 3. The summed E-state index contributed by atoms with van der Waals surface area (Å²) < 4.78 is 0. The number of benzene rings is 1. The van der Waals surface area contributed by atoms with Gasteiger partial charge < -0.3 is 15.7 Å². The summed E-state index contributed by atoms with van der Waals surface area (Å²) in [5, 5.41) is 14.6. The van der Waals surface area contributed by atoms with Crippen molar-refractivity contribution in [3.63, 3.8) is 0 Å². The molecular formula is C15H18N2O4. The second-order valence-electron chi connectivity index (χ2n) is 5.31. The molecular weight excluding hydrogens is 272 g/mol. The maximum absolute atomic E-state index is 12.2. The molecule has 0 heterocycles. The lowest BCUT2D eigenvalue weighted by Gasteiger charge is -2.25. The first kappa shape index (κ1) is 15.0. The first-order chi connectivity index (χ1) is 9.93. The van der Waals surface area contributed by atoms with Crippen molar-refractivity contribution < 1.29 is 19.5 Å². The average Bonchev–Trinajstić information content (AvgIpc) is 2.88. The minimum Gasteiger partial charge on any atom is -0.480 e. The maximum atomic E-state index is 12.2. The Balaban J connectivity index is 2.09. The van der Waals surface area contributed by atoms with E-state index in [0.717, 1.165) is 12.8 Å². The Bertz CT molecular complexity index is 560. The minimum atomic E-state index is -1.15. The zero-order chi connectivity index (χ0) is 15.5. The van der Waals surface area contributed by atoms with Crippen molar-refractivity contribution in [2.45, 2.75) is 38.1 Å². The van der Waals surface area contributed by atoms with Gasteiger partial charge in [-0.15, -0.1) is 0 Å². The lowest BCUT2D eigenvalue weighted by molar-refractivity contribution is -0.144.